The predicted octanol–water partition coefficient (Wildman–Crippen LogP) is 2.41. The number of hydrogen-bond acceptors (Lipinski definition) is 3. The summed E-state index contributed by atoms with van der Waals surface area (Å²) < 4.78 is 2.78. The number of halogens is 1. The molecule has 0 aliphatic heterocycles. The summed E-state index contributed by atoms with van der Waals surface area (Å²) >= 11 is 3.41. The van der Waals surface area contributed by atoms with Gasteiger partial charge in [0.25, 0.3) is 5.91 Å². The van der Waals surface area contributed by atoms with Gasteiger partial charge in [0.05, 0.1) is 23.1 Å². The number of nitrogens with zero attached hydrogens (tertiary/aromatic N) is 2. The van der Waals surface area contributed by atoms with Crippen LogP contribution in [-0.4, -0.2) is 28.3 Å². The molecular formula is C16H19BrN4O. The lowest BCUT2D eigenvalue weighted by Crippen LogP contribution is -2.41. The van der Waals surface area contributed by atoms with Crippen molar-refractivity contribution >= 4 is 21.8 Å². The van der Waals surface area contributed by atoms with E-state index in [1.807, 2.05) is 31.2 Å². The Hall–Kier alpha value is -1.66. The minimum atomic E-state index is -0.0942. The second-order valence-corrected chi connectivity index (χ2v) is 6.60. The van der Waals surface area contributed by atoms with Gasteiger partial charge in [-0.25, -0.2) is 4.68 Å². The van der Waals surface area contributed by atoms with Crippen molar-refractivity contribution in [1.82, 2.24) is 15.1 Å². The van der Waals surface area contributed by atoms with Crippen LogP contribution in [0.15, 0.2) is 34.9 Å². The van der Waals surface area contributed by atoms with E-state index in [2.05, 4.69) is 26.3 Å². The highest BCUT2D eigenvalue weighted by Crippen LogP contribution is 2.32. The molecule has 0 saturated heterocycles. The molecule has 1 aromatic heterocycles. The lowest BCUT2D eigenvalue weighted by Gasteiger charge is -2.15. The largest absolute Gasteiger partial charge is 0.348 e. The maximum Gasteiger partial charge on any atom is 0.255 e. The van der Waals surface area contributed by atoms with Crippen molar-refractivity contribution in [2.45, 2.75) is 25.8 Å². The Morgan fingerprint density at radius 2 is 2.14 bits per heavy atom. The minimum absolute atomic E-state index is 0.0722. The van der Waals surface area contributed by atoms with Crippen LogP contribution in [0.2, 0.25) is 0 Å². The molecule has 6 heteroatoms. The second kappa shape index (κ2) is 6.22. The van der Waals surface area contributed by atoms with Crippen LogP contribution in [0.5, 0.6) is 0 Å². The first kappa shape index (κ1) is 15.2. The van der Waals surface area contributed by atoms with E-state index in [1.54, 1.807) is 10.9 Å². The first-order chi connectivity index (χ1) is 10.6. The van der Waals surface area contributed by atoms with E-state index in [0.717, 1.165) is 28.7 Å². The molecule has 0 spiro atoms. The molecular weight excluding hydrogens is 344 g/mol. The van der Waals surface area contributed by atoms with Crippen molar-refractivity contribution in [3.05, 3.63) is 46.2 Å². The summed E-state index contributed by atoms with van der Waals surface area (Å²) in [5.74, 6) is 0.444. The van der Waals surface area contributed by atoms with Gasteiger partial charge in [0.1, 0.15) is 0 Å². The quantitative estimate of drug-likeness (QED) is 0.857. The van der Waals surface area contributed by atoms with Gasteiger partial charge in [-0.1, -0.05) is 15.9 Å². The monoisotopic (exact) mass is 362 g/mol. The zero-order chi connectivity index (χ0) is 15.7. The fourth-order valence-electron chi connectivity index (χ4n) is 2.59. The first-order valence-corrected chi connectivity index (χ1v) is 8.21. The fourth-order valence-corrected chi connectivity index (χ4v) is 2.85. The van der Waals surface area contributed by atoms with E-state index >= 15 is 0 Å². The van der Waals surface area contributed by atoms with E-state index in [-0.39, 0.29) is 11.9 Å². The number of amides is 1. The Morgan fingerprint density at radius 1 is 1.45 bits per heavy atom. The normalized spacial score (nSPS) is 15.6. The highest BCUT2D eigenvalue weighted by atomic mass is 79.9. The average molecular weight is 363 g/mol. The summed E-state index contributed by atoms with van der Waals surface area (Å²) in [7, 11) is 0. The van der Waals surface area contributed by atoms with Crippen molar-refractivity contribution in [2.24, 2.45) is 11.7 Å². The topological polar surface area (TPSA) is 72.9 Å². The van der Waals surface area contributed by atoms with Gasteiger partial charge in [0, 0.05) is 17.1 Å². The summed E-state index contributed by atoms with van der Waals surface area (Å²) in [5, 5.41) is 7.37. The SMILES string of the molecule is Cc1c(C(=O)NC(CN)C2CC2)cnn1-c1ccc(Br)cc1. The van der Waals surface area contributed by atoms with E-state index in [0.29, 0.717) is 18.0 Å². The molecule has 116 valence electrons. The Kier molecular flexibility index (Phi) is 4.31. The van der Waals surface area contributed by atoms with Crippen molar-refractivity contribution in [3.63, 3.8) is 0 Å². The molecule has 5 nitrogen and oxygen atoms in total. The van der Waals surface area contributed by atoms with Gasteiger partial charge in [-0.15, -0.1) is 0 Å². The lowest BCUT2D eigenvalue weighted by molar-refractivity contribution is 0.0933. The predicted molar refractivity (Wildman–Crippen MR) is 89.0 cm³/mol. The van der Waals surface area contributed by atoms with Gasteiger partial charge in [-0.05, 0) is 49.9 Å². The molecule has 0 radical (unpaired) electrons. The molecule has 1 fully saturated rings. The summed E-state index contributed by atoms with van der Waals surface area (Å²) in [5.41, 5.74) is 8.10. The van der Waals surface area contributed by atoms with E-state index in [9.17, 15) is 4.79 Å². The molecule has 22 heavy (non-hydrogen) atoms. The Bertz CT molecular complexity index is 676. The van der Waals surface area contributed by atoms with Crippen LogP contribution in [0.3, 0.4) is 0 Å². The Labute approximate surface area is 138 Å². The summed E-state index contributed by atoms with van der Waals surface area (Å²) in [6, 6.07) is 7.89. The zero-order valence-electron chi connectivity index (χ0n) is 12.4. The first-order valence-electron chi connectivity index (χ1n) is 7.41. The van der Waals surface area contributed by atoms with Crippen LogP contribution in [0, 0.1) is 12.8 Å². The molecule has 1 heterocycles. The molecule has 1 aromatic carbocycles. The van der Waals surface area contributed by atoms with Crippen molar-refractivity contribution < 1.29 is 4.79 Å². The molecule has 1 saturated carbocycles. The lowest BCUT2D eigenvalue weighted by atomic mass is 10.1. The highest BCUT2D eigenvalue weighted by Gasteiger charge is 2.32. The number of nitrogens with two attached hydrogens (primary N) is 1. The maximum absolute atomic E-state index is 12.4. The van der Waals surface area contributed by atoms with Crippen LogP contribution in [-0.2, 0) is 0 Å². The molecule has 1 aliphatic rings. The molecule has 3 rings (SSSR count). The minimum Gasteiger partial charge on any atom is -0.348 e. The van der Waals surface area contributed by atoms with Gasteiger partial charge in [-0.3, -0.25) is 4.79 Å². The Balaban J connectivity index is 1.80. The van der Waals surface area contributed by atoms with Crippen LogP contribution in [0.25, 0.3) is 5.69 Å². The highest BCUT2D eigenvalue weighted by molar-refractivity contribution is 9.10. The molecule has 1 aliphatic carbocycles. The molecule has 2 aromatic rings. The van der Waals surface area contributed by atoms with Crippen LogP contribution < -0.4 is 11.1 Å². The smallest absolute Gasteiger partial charge is 0.255 e. The standard InChI is InChI=1S/C16H19BrN4O/c1-10-14(16(22)20-15(8-18)11-2-3-11)9-19-21(10)13-6-4-12(17)5-7-13/h4-7,9,11,15H,2-3,8,18H2,1H3,(H,20,22). The molecule has 1 amide bonds. The Morgan fingerprint density at radius 3 is 2.73 bits per heavy atom. The number of rotatable bonds is 5. The summed E-state index contributed by atoms with van der Waals surface area (Å²) in [6.45, 7) is 2.38. The third-order valence-electron chi connectivity index (χ3n) is 4.09. The van der Waals surface area contributed by atoms with Crippen molar-refractivity contribution in [1.29, 1.82) is 0 Å². The number of carbonyl (C=O) groups is 1. The van der Waals surface area contributed by atoms with Crippen molar-refractivity contribution in [3.8, 4) is 5.69 Å². The number of carbonyl (C=O) groups excluding carboxylic acids is 1. The van der Waals surface area contributed by atoms with Gasteiger partial charge < -0.3 is 11.1 Å². The third-order valence-corrected chi connectivity index (χ3v) is 4.62. The van der Waals surface area contributed by atoms with Crippen LogP contribution in [0.1, 0.15) is 28.9 Å². The van der Waals surface area contributed by atoms with Crippen LogP contribution in [0.4, 0.5) is 0 Å². The number of nitrogens with one attached hydrogen (secondary N) is 1. The molecule has 1 atom stereocenters. The summed E-state index contributed by atoms with van der Waals surface area (Å²) in [6.07, 6.45) is 3.92. The fraction of sp³-hybridized carbons (Fsp3) is 0.375. The van der Waals surface area contributed by atoms with Gasteiger partial charge in [-0.2, -0.15) is 5.10 Å². The van der Waals surface area contributed by atoms with Crippen molar-refractivity contribution in [2.75, 3.05) is 6.54 Å². The maximum atomic E-state index is 12.4. The third kappa shape index (κ3) is 3.08. The number of benzene rings is 1. The van der Waals surface area contributed by atoms with Gasteiger partial charge >= 0.3 is 0 Å². The van der Waals surface area contributed by atoms with E-state index < -0.39 is 0 Å². The number of aromatic nitrogens is 2. The summed E-state index contributed by atoms with van der Waals surface area (Å²) in [4.78, 5) is 12.4. The van der Waals surface area contributed by atoms with Gasteiger partial charge in [0.2, 0.25) is 0 Å². The van der Waals surface area contributed by atoms with Gasteiger partial charge in [0.15, 0.2) is 0 Å². The molecule has 1 unspecified atom stereocenters. The number of hydrogen-bond donors (Lipinski definition) is 2. The van der Waals surface area contributed by atoms with Crippen LogP contribution >= 0.6 is 15.9 Å². The molecule has 0 bridgehead atoms. The second-order valence-electron chi connectivity index (χ2n) is 5.68. The average Bonchev–Trinajstić information content (AvgIpc) is 3.28. The van der Waals surface area contributed by atoms with E-state index in [1.165, 1.54) is 0 Å². The molecule has 3 N–H and O–H groups in total. The zero-order valence-corrected chi connectivity index (χ0v) is 14.0. The van der Waals surface area contributed by atoms with E-state index in [4.69, 9.17) is 5.73 Å².